The van der Waals surface area contributed by atoms with E-state index in [1.54, 1.807) is 7.11 Å². The van der Waals surface area contributed by atoms with Crippen molar-refractivity contribution in [3.8, 4) is 17.0 Å². The van der Waals surface area contributed by atoms with Gasteiger partial charge < -0.3 is 9.26 Å². The quantitative estimate of drug-likeness (QED) is 0.667. The van der Waals surface area contributed by atoms with E-state index in [2.05, 4.69) is 27.3 Å². The van der Waals surface area contributed by atoms with E-state index < -0.39 is 0 Å². The molecule has 3 aromatic rings. The van der Waals surface area contributed by atoms with Crippen LogP contribution in [-0.2, 0) is 20.0 Å². The van der Waals surface area contributed by atoms with Crippen LogP contribution in [0.15, 0.2) is 41.1 Å². The summed E-state index contributed by atoms with van der Waals surface area (Å²) in [7, 11) is 3.67. The van der Waals surface area contributed by atoms with Crippen LogP contribution in [0.1, 0.15) is 29.9 Å². The molecular formula is C21H26N4O2. The molecule has 0 radical (unpaired) electrons. The Morgan fingerprint density at radius 1 is 1.30 bits per heavy atom. The van der Waals surface area contributed by atoms with Crippen LogP contribution in [-0.4, -0.2) is 39.5 Å². The molecule has 1 aliphatic heterocycles. The van der Waals surface area contributed by atoms with Crippen molar-refractivity contribution in [2.75, 3.05) is 13.7 Å². The van der Waals surface area contributed by atoms with Gasteiger partial charge in [0, 0.05) is 30.4 Å². The lowest BCUT2D eigenvalue weighted by molar-refractivity contribution is 0.213. The van der Waals surface area contributed by atoms with Gasteiger partial charge >= 0.3 is 0 Å². The van der Waals surface area contributed by atoms with Crippen molar-refractivity contribution in [2.24, 2.45) is 7.05 Å². The van der Waals surface area contributed by atoms with E-state index in [9.17, 15) is 0 Å². The van der Waals surface area contributed by atoms with E-state index in [1.807, 2.05) is 43.0 Å². The fourth-order valence-corrected chi connectivity index (χ4v) is 3.92. The fourth-order valence-electron chi connectivity index (χ4n) is 3.92. The minimum Gasteiger partial charge on any atom is -0.496 e. The minimum absolute atomic E-state index is 0.495. The first kappa shape index (κ1) is 17.8. The van der Waals surface area contributed by atoms with Crippen LogP contribution in [0.25, 0.3) is 11.3 Å². The summed E-state index contributed by atoms with van der Waals surface area (Å²) in [6.07, 6.45) is 5.24. The zero-order valence-electron chi connectivity index (χ0n) is 16.2. The third-order valence-corrected chi connectivity index (χ3v) is 5.58. The Balaban J connectivity index is 1.47. The molecular weight excluding hydrogens is 340 g/mol. The Hall–Kier alpha value is -2.60. The molecule has 1 saturated heterocycles. The predicted molar refractivity (Wildman–Crippen MR) is 104 cm³/mol. The highest BCUT2D eigenvalue weighted by atomic mass is 16.5. The largest absolute Gasteiger partial charge is 0.496 e. The number of aromatic nitrogens is 3. The maximum absolute atomic E-state index is 5.64. The first-order chi connectivity index (χ1) is 13.2. The molecule has 3 heterocycles. The summed E-state index contributed by atoms with van der Waals surface area (Å²) >= 11 is 0. The fraction of sp³-hybridized carbons (Fsp3) is 0.429. The summed E-state index contributed by atoms with van der Waals surface area (Å²) in [4.78, 5) is 2.49. The number of hydrogen-bond donors (Lipinski definition) is 0. The molecule has 0 bridgehead atoms. The molecule has 0 amide bonds. The van der Waals surface area contributed by atoms with Gasteiger partial charge in [0.2, 0.25) is 0 Å². The number of nitrogens with zero attached hydrogens (tertiary/aromatic N) is 4. The summed E-state index contributed by atoms with van der Waals surface area (Å²) in [6.45, 7) is 3.91. The molecule has 1 unspecified atom stereocenters. The zero-order chi connectivity index (χ0) is 18.8. The number of rotatable bonds is 6. The molecule has 6 nitrogen and oxygen atoms in total. The Kier molecular flexibility index (Phi) is 4.99. The normalized spacial score (nSPS) is 17.5. The van der Waals surface area contributed by atoms with Gasteiger partial charge in [-0.15, -0.1) is 0 Å². The predicted octanol–water partition coefficient (Wildman–Crippen LogP) is 3.60. The summed E-state index contributed by atoms with van der Waals surface area (Å²) < 4.78 is 13.0. The van der Waals surface area contributed by atoms with Crippen LogP contribution in [0.2, 0.25) is 0 Å². The zero-order valence-corrected chi connectivity index (χ0v) is 16.2. The number of hydrogen-bond acceptors (Lipinski definition) is 5. The number of para-hydroxylation sites is 1. The molecule has 0 saturated carbocycles. The number of benzene rings is 1. The summed E-state index contributed by atoms with van der Waals surface area (Å²) in [5.41, 5.74) is 4.24. The Morgan fingerprint density at radius 3 is 2.93 bits per heavy atom. The average Bonchev–Trinajstić information content (AvgIpc) is 3.39. The smallest absolute Gasteiger partial charge is 0.151 e. The molecule has 2 aromatic heterocycles. The maximum Gasteiger partial charge on any atom is 0.151 e. The van der Waals surface area contributed by atoms with Crippen molar-refractivity contribution in [2.45, 2.75) is 38.8 Å². The van der Waals surface area contributed by atoms with Crippen molar-refractivity contribution >= 4 is 0 Å². The Morgan fingerprint density at radius 2 is 2.15 bits per heavy atom. The van der Waals surface area contributed by atoms with E-state index in [4.69, 9.17) is 9.26 Å². The molecule has 0 N–H and O–H groups in total. The van der Waals surface area contributed by atoms with Gasteiger partial charge in [-0.05, 0) is 44.4 Å². The standard InChI is InChI=1S/C21H26N4O2/c1-15-19(13-22-24(15)2)20-12-18(27-23-20)14-25-10-6-8-17(25)11-16-7-4-5-9-21(16)26-3/h4-5,7,9,12-13,17H,6,8,10-11,14H2,1-3H3. The summed E-state index contributed by atoms with van der Waals surface area (Å²) in [6, 6.07) is 10.8. The summed E-state index contributed by atoms with van der Waals surface area (Å²) in [5.74, 6) is 1.87. The van der Waals surface area contributed by atoms with Gasteiger partial charge in [-0.3, -0.25) is 9.58 Å². The van der Waals surface area contributed by atoms with E-state index in [0.717, 1.165) is 48.0 Å². The minimum atomic E-state index is 0.495. The molecule has 0 aliphatic carbocycles. The van der Waals surface area contributed by atoms with Gasteiger partial charge in [0.1, 0.15) is 11.4 Å². The first-order valence-electron chi connectivity index (χ1n) is 9.46. The van der Waals surface area contributed by atoms with Crippen LogP contribution < -0.4 is 4.74 Å². The molecule has 1 fully saturated rings. The van der Waals surface area contributed by atoms with Crippen LogP contribution >= 0.6 is 0 Å². The lowest BCUT2D eigenvalue weighted by atomic mass is 10.0. The number of aryl methyl sites for hydroxylation is 1. The van der Waals surface area contributed by atoms with Crippen molar-refractivity contribution in [3.63, 3.8) is 0 Å². The van der Waals surface area contributed by atoms with Crippen molar-refractivity contribution in [1.82, 2.24) is 19.8 Å². The first-order valence-corrected chi connectivity index (χ1v) is 9.46. The third kappa shape index (κ3) is 3.62. The molecule has 4 rings (SSSR count). The van der Waals surface area contributed by atoms with Gasteiger partial charge in [0.15, 0.2) is 5.76 Å². The highest BCUT2D eigenvalue weighted by molar-refractivity contribution is 5.60. The number of likely N-dealkylation sites (tertiary alicyclic amines) is 1. The molecule has 1 aliphatic rings. The lowest BCUT2D eigenvalue weighted by Crippen LogP contribution is -2.30. The van der Waals surface area contributed by atoms with Gasteiger partial charge in [-0.1, -0.05) is 23.4 Å². The third-order valence-electron chi connectivity index (χ3n) is 5.58. The van der Waals surface area contributed by atoms with Crippen LogP contribution in [0.5, 0.6) is 5.75 Å². The molecule has 1 atom stereocenters. The van der Waals surface area contributed by atoms with Crippen LogP contribution in [0.4, 0.5) is 0 Å². The SMILES string of the molecule is COc1ccccc1CC1CCCN1Cc1cc(-c2cnn(C)c2C)no1. The second-order valence-electron chi connectivity index (χ2n) is 7.23. The topological polar surface area (TPSA) is 56.3 Å². The Bertz CT molecular complexity index is 915. The van der Waals surface area contributed by atoms with Gasteiger partial charge in [-0.25, -0.2) is 0 Å². The monoisotopic (exact) mass is 366 g/mol. The molecule has 142 valence electrons. The molecule has 0 spiro atoms. The molecule has 27 heavy (non-hydrogen) atoms. The Labute approximate surface area is 159 Å². The van der Waals surface area contributed by atoms with Gasteiger partial charge in [0.05, 0.1) is 19.9 Å². The highest BCUT2D eigenvalue weighted by Gasteiger charge is 2.27. The van der Waals surface area contributed by atoms with Crippen molar-refractivity contribution < 1.29 is 9.26 Å². The highest BCUT2D eigenvalue weighted by Crippen LogP contribution is 2.28. The van der Waals surface area contributed by atoms with Crippen molar-refractivity contribution in [1.29, 1.82) is 0 Å². The molecule has 6 heteroatoms. The van der Waals surface area contributed by atoms with E-state index in [0.29, 0.717) is 6.04 Å². The lowest BCUT2D eigenvalue weighted by Gasteiger charge is -2.24. The van der Waals surface area contributed by atoms with E-state index in [1.165, 1.54) is 18.4 Å². The number of methoxy groups -OCH3 is 1. The number of ether oxygens (including phenoxy) is 1. The maximum atomic E-state index is 5.64. The van der Waals surface area contributed by atoms with Crippen molar-refractivity contribution in [3.05, 3.63) is 53.5 Å². The van der Waals surface area contributed by atoms with Gasteiger partial charge in [-0.2, -0.15) is 5.10 Å². The van der Waals surface area contributed by atoms with Gasteiger partial charge in [0.25, 0.3) is 0 Å². The second-order valence-corrected chi connectivity index (χ2v) is 7.23. The average molecular weight is 366 g/mol. The molecule has 1 aromatic carbocycles. The van der Waals surface area contributed by atoms with E-state index in [-0.39, 0.29) is 0 Å². The van der Waals surface area contributed by atoms with Crippen LogP contribution in [0.3, 0.4) is 0 Å². The van der Waals surface area contributed by atoms with E-state index >= 15 is 0 Å². The van der Waals surface area contributed by atoms with Crippen LogP contribution in [0, 0.1) is 6.92 Å². The summed E-state index contributed by atoms with van der Waals surface area (Å²) in [5, 5.41) is 8.56. The second kappa shape index (κ2) is 7.56.